The molecule has 0 radical (unpaired) electrons. The van der Waals surface area contributed by atoms with Gasteiger partial charge >= 0.3 is 5.97 Å². The van der Waals surface area contributed by atoms with Crippen LogP contribution in [0, 0.1) is 0 Å². The van der Waals surface area contributed by atoms with Crippen molar-refractivity contribution in [2.75, 3.05) is 13.2 Å². The first kappa shape index (κ1) is 18.8. The number of fused-ring (bicyclic) bond motifs is 1. The van der Waals surface area contributed by atoms with Crippen LogP contribution in [-0.4, -0.2) is 30.2 Å². The summed E-state index contributed by atoms with van der Waals surface area (Å²) in [7, 11) is 0. The Balaban J connectivity index is 1.57. The Labute approximate surface area is 158 Å². The number of carbonyl (C=O) groups is 2. The second-order valence-corrected chi connectivity index (χ2v) is 6.43. The van der Waals surface area contributed by atoms with E-state index in [0.717, 1.165) is 23.3 Å². The lowest BCUT2D eigenvalue weighted by molar-refractivity contribution is -0.121. The molecule has 6 nitrogen and oxygen atoms in total. The molecule has 0 spiro atoms. The van der Waals surface area contributed by atoms with Crippen LogP contribution in [0.5, 0.6) is 11.5 Å². The molecule has 2 aromatic rings. The Bertz CT molecular complexity index is 816. The van der Waals surface area contributed by atoms with Crippen molar-refractivity contribution in [3.63, 3.8) is 0 Å². The number of hydrogen-bond donors (Lipinski definition) is 2. The van der Waals surface area contributed by atoms with Crippen molar-refractivity contribution < 1.29 is 24.2 Å². The Morgan fingerprint density at radius 2 is 1.78 bits per heavy atom. The third kappa shape index (κ3) is 4.78. The first-order chi connectivity index (χ1) is 13.1. The van der Waals surface area contributed by atoms with Gasteiger partial charge in [-0.3, -0.25) is 4.79 Å². The summed E-state index contributed by atoms with van der Waals surface area (Å²) in [5.41, 5.74) is 2.16. The first-order valence-corrected chi connectivity index (χ1v) is 9.08. The third-order valence-corrected chi connectivity index (χ3v) is 4.55. The van der Waals surface area contributed by atoms with Crippen molar-refractivity contribution >= 4 is 11.9 Å². The summed E-state index contributed by atoms with van der Waals surface area (Å²) in [6.07, 6.45) is 1.66. The van der Waals surface area contributed by atoms with Gasteiger partial charge in [0.15, 0.2) is 11.5 Å². The molecule has 0 saturated carbocycles. The van der Waals surface area contributed by atoms with Crippen LogP contribution in [0.4, 0.5) is 0 Å². The molecular formula is C21H23NO5. The summed E-state index contributed by atoms with van der Waals surface area (Å²) in [6, 6.07) is 12.3. The molecule has 0 bridgehead atoms. The van der Waals surface area contributed by atoms with Gasteiger partial charge in [-0.2, -0.15) is 0 Å². The lowest BCUT2D eigenvalue weighted by atomic mass is 10.0. The average molecular weight is 369 g/mol. The zero-order chi connectivity index (χ0) is 19.2. The van der Waals surface area contributed by atoms with Gasteiger partial charge in [0.25, 0.3) is 0 Å². The highest BCUT2D eigenvalue weighted by molar-refractivity contribution is 5.87. The number of aryl methyl sites for hydroxylation is 1. The topological polar surface area (TPSA) is 84.9 Å². The molecule has 142 valence electrons. The molecule has 3 rings (SSSR count). The quantitative estimate of drug-likeness (QED) is 0.782. The molecule has 27 heavy (non-hydrogen) atoms. The fraction of sp³-hybridized carbons (Fsp3) is 0.333. The maximum absolute atomic E-state index is 12.4. The van der Waals surface area contributed by atoms with Crippen molar-refractivity contribution in [1.82, 2.24) is 5.32 Å². The molecule has 2 N–H and O–H groups in total. The molecule has 0 aliphatic carbocycles. The monoisotopic (exact) mass is 369 g/mol. The van der Waals surface area contributed by atoms with E-state index in [0.29, 0.717) is 31.8 Å². The van der Waals surface area contributed by atoms with Gasteiger partial charge in [-0.25, -0.2) is 4.79 Å². The number of benzene rings is 2. The van der Waals surface area contributed by atoms with Crippen molar-refractivity contribution in [1.29, 1.82) is 0 Å². The standard InChI is InChI=1S/C21H23NO5/c1-2-17(16-8-9-18-19(13-16)27-12-11-26-18)22-20(23)10-5-14-3-6-15(7-4-14)21(24)25/h3-4,6-9,13,17H,2,5,10-12H2,1H3,(H,22,23)(H,24,25). The summed E-state index contributed by atoms with van der Waals surface area (Å²) in [5, 5.41) is 12.0. The van der Waals surface area contributed by atoms with E-state index >= 15 is 0 Å². The molecule has 1 aliphatic heterocycles. The van der Waals surface area contributed by atoms with Gasteiger partial charge in [0, 0.05) is 6.42 Å². The van der Waals surface area contributed by atoms with Gasteiger partial charge < -0.3 is 19.9 Å². The Kier molecular flexibility index (Phi) is 5.96. The highest BCUT2D eigenvalue weighted by atomic mass is 16.6. The minimum Gasteiger partial charge on any atom is -0.486 e. The van der Waals surface area contributed by atoms with Gasteiger partial charge in [-0.05, 0) is 48.2 Å². The highest BCUT2D eigenvalue weighted by Gasteiger charge is 2.17. The maximum atomic E-state index is 12.4. The first-order valence-electron chi connectivity index (χ1n) is 9.08. The normalized spacial score (nSPS) is 13.7. The SMILES string of the molecule is CCC(NC(=O)CCc1ccc(C(=O)O)cc1)c1ccc2c(c1)OCCO2. The van der Waals surface area contributed by atoms with E-state index < -0.39 is 5.97 Å². The number of hydrogen-bond acceptors (Lipinski definition) is 4. The number of ether oxygens (including phenoxy) is 2. The average Bonchev–Trinajstić information content (AvgIpc) is 2.70. The van der Waals surface area contributed by atoms with Crippen molar-refractivity contribution in [2.24, 2.45) is 0 Å². The number of carbonyl (C=O) groups excluding carboxylic acids is 1. The number of nitrogens with one attached hydrogen (secondary N) is 1. The van der Waals surface area contributed by atoms with Gasteiger partial charge in [-0.15, -0.1) is 0 Å². The molecule has 1 atom stereocenters. The maximum Gasteiger partial charge on any atom is 0.335 e. The van der Waals surface area contributed by atoms with Crippen LogP contribution in [0.2, 0.25) is 0 Å². The van der Waals surface area contributed by atoms with E-state index in [9.17, 15) is 9.59 Å². The van der Waals surface area contributed by atoms with Crippen LogP contribution >= 0.6 is 0 Å². The largest absolute Gasteiger partial charge is 0.486 e. The molecule has 1 unspecified atom stereocenters. The molecule has 2 aromatic carbocycles. The number of amides is 1. The van der Waals surface area contributed by atoms with Crippen molar-refractivity contribution in [3.8, 4) is 11.5 Å². The Morgan fingerprint density at radius 1 is 1.07 bits per heavy atom. The van der Waals surface area contributed by atoms with E-state index in [1.165, 1.54) is 0 Å². The predicted octanol–water partition coefficient (Wildman–Crippen LogP) is 3.36. The van der Waals surface area contributed by atoms with Gasteiger partial charge in [0.05, 0.1) is 11.6 Å². The number of carboxylic acid groups (broad SMARTS) is 1. The molecular weight excluding hydrogens is 346 g/mol. The van der Waals surface area contributed by atoms with E-state index in [1.54, 1.807) is 24.3 Å². The molecule has 6 heteroatoms. The zero-order valence-corrected chi connectivity index (χ0v) is 15.2. The van der Waals surface area contributed by atoms with Gasteiger partial charge in [-0.1, -0.05) is 25.1 Å². The number of carboxylic acids is 1. The Hall–Kier alpha value is -3.02. The van der Waals surface area contributed by atoms with E-state index in [1.807, 2.05) is 25.1 Å². The predicted molar refractivity (Wildman–Crippen MR) is 100 cm³/mol. The van der Waals surface area contributed by atoms with Crippen molar-refractivity contribution in [3.05, 3.63) is 59.2 Å². The zero-order valence-electron chi connectivity index (χ0n) is 15.2. The van der Waals surface area contributed by atoms with Crippen LogP contribution in [0.15, 0.2) is 42.5 Å². The minimum atomic E-state index is -0.954. The van der Waals surface area contributed by atoms with Crippen LogP contribution in [0.25, 0.3) is 0 Å². The van der Waals surface area contributed by atoms with Crippen LogP contribution in [0.3, 0.4) is 0 Å². The van der Waals surface area contributed by atoms with E-state index in [4.69, 9.17) is 14.6 Å². The minimum absolute atomic E-state index is 0.0425. The lowest BCUT2D eigenvalue weighted by Crippen LogP contribution is -2.28. The fourth-order valence-corrected chi connectivity index (χ4v) is 3.04. The van der Waals surface area contributed by atoms with E-state index in [-0.39, 0.29) is 17.5 Å². The summed E-state index contributed by atoms with van der Waals surface area (Å²) < 4.78 is 11.2. The second-order valence-electron chi connectivity index (χ2n) is 6.43. The van der Waals surface area contributed by atoms with Gasteiger partial charge in [0.2, 0.25) is 5.91 Å². The summed E-state index contributed by atoms with van der Waals surface area (Å²) >= 11 is 0. The smallest absolute Gasteiger partial charge is 0.335 e. The van der Waals surface area contributed by atoms with Crippen LogP contribution in [-0.2, 0) is 11.2 Å². The summed E-state index contributed by atoms with van der Waals surface area (Å²) in [5.74, 6) is 0.449. The van der Waals surface area contributed by atoms with Crippen molar-refractivity contribution in [2.45, 2.75) is 32.2 Å². The lowest BCUT2D eigenvalue weighted by Gasteiger charge is -2.22. The van der Waals surface area contributed by atoms with Crippen LogP contribution in [0.1, 0.15) is 47.3 Å². The number of aromatic carboxylic acids is 1. The highest BCUT2D eigenvalue weighted by Crippen LogP contribution is 2.33. The van der Waals surface area contributed by atoms with E-state index in [2.05, 4.69) is 5.32 Å². The molecule has 0 saturated heterocycles. The second kappa shape index (κ2) is 8.58. The molecule has 1 amide bonds. The molecule has 0 aromatic heterocycles. The molecule has 0 fully saturated rings. The molecule has 1 aliphatic rings. The fourth-order valence-electron chi connectivity index (χ4n) is 3.04. The summed E-state index contributed by atoms with van der Waals surface area (Å²) in [4.78, 5) is 23.2. The summed E-state index contributed by atoms with van der Waals surface area (Å²) in [6.45, 7) is 3.10. The van der Waals surface area contributed by atoms with Gasteiger partial charge in [0.1, 0.15) is 13.2 Å². The molecule has 1 heterocycles. The van der Waals surface area contributed by atoms with Crippen LogP contribution < -0.4 is 14.8 Å². The number of rotatable bonds is 7. The Morgan fingerprint density at radius 3 is 2.44 bits per heavy atom. The third-order valence-electron chi connectivity index (χ3n) is 4.55.